The SMILES string of the molecule is CC1CN(C(C(=O)Nc2ncn[nH]2)C(C)C)CC(C)O1. The summed E-state index contributed by atoms with van der Waals surface area (Å²) in [6.07, 6.45) is 1.65. The van der Waals surface area contributed by atoms with Crippen LogP contribution in [0.4, 0.5) is 5.95 Å². The molecule has 20 heavy (non-hydrogen) atoms. The summed E-state index contributed by atoms with van der Waals surface area (Å²) in [5, 5.41) is 9.16. The average molecular weight is 281 g/mol. The van der Waals surface area contributed by atoms with E-state index in [0.717, 1.165) is 13.1 Å². The molecule has 0 saturated carbocycles. The highest BCUT2D eigenvalue weighted by atomic mass is 16.5. The van der Waals surface area contributed by atoms with Gasteiger partial charge >= 0.3 is 0 Å². The quantitative estimate of drug-likeness (QED) is 0.856. The molecule has 1 aliphatic heterocycles. The predicted octanol–water partition coefficient (Wildman–Crippen LogP) is 0.877. The van der Waals surface area contributed by atoms with E-state index in [0.29, 0.717) is 5.95 Å². The Morgan fingerprint density at radius 2 is 2.10 bits per heavy atom. The Bertz CT molecular complexity index is 424. The number of nitrogens with zero attached hydrogens (tertiary/aromatic N) is 3. The number of aromatic amines is 1. The largest absolute Gasteiger partial charge is 0.373 e. The molecule has 1 aromatic heterocycles. The van der Waals surface area contributed by atoms with Crippen LogP contribution in [0.15, 0.2) is 6.33 Å². The molecule has 112 valence electrons. The number of aromatic nitrogens is 3. The standard InChI is InChI=1S/C13H23N5O2/c1-8(2)11(12(19)16-13-14-7-15-17-13)18-5-9(3)20-10(4)6-18/h7-11H,5-6H2,1-4H3,(H2,14,15,16,17,19). The number of morpholine rings is 1. The van der Waals surface area contributed by atoms with Crippen molar-refractivity contribution in [2.45, 2.75) is 45.9 Å². The van der Waals surface area contributed by atoms with Gasteiger partial charge in [-0.1, -0.05) is 13.8 Å². The fraction of sp³-hybridized carbons (Fsp3) is 0.769. The minimum Gasteiger partial charge on any atom is -0.373 e. The Morgan fingerprint density at radius 3 is 2.60 bits per heavy atom. The first-order valence-electron chi connectivity index (χ1n) is 7.03. The zero-order valence-corrected chi connectivity index (χ0v) is 12.5. The van der Waals surface area contributed by atoms with Gasteiger partial charge in [-0.3, -0.25) is 15.0 Å². The lowest BCUT2D eigenvalue weighted by molar-refractivity contribution is -0.130. The van der Waals surface area contributed by atoms with Crippen LogP contribution in [0, 0.1) is 5.92 Å². The molecular formula is C13H23N5O2. The molecule has 0 aliphatic carbocycles. The summed E-state index contributed by atoms with van der Waals surface area (Å²) in [6, 6.07) is -0.200. The maximum Gasteiger partial charge on any atom is 0.244 e. The van der Waals surface area contributed by atoms with Crippen molar-refractivity contribution in [3.8, 4) is 0 Å². The number of hydrogen-bond donors (Lipinski definition) is 2. The first kappa shape index (κ1) is 14.9. The Balaban J connectivity index is 2.07. The van der Waals surface area contributed by atoms with E-state index in [1.54, 1.807) is 0 Å². The lowest BCUT2D eigenvalue weighted by Gasteiger charge is -2.40. The van der Waals surface area contributed by atoms with Crippen molar-refractivity contribution in [2.75, 3.05) is 18.4 Å². The molecule has 0 aromatic carbocycles. The zero-order valence-electron chi connectivity index (χ0n) is 12.5. The molecule has 2 N–H and O–H groups in total. The summed E-state index contributed by atoms with van der Waals surface area (Å²) in [6.45, 7) is 9.70. The first-order chi connectivity index (χ1) is 9.47. The van der Waals surface area contributed by atoms with E-state index in [1.165, 1.54) is 6.33 Å². The summed E-state index contributed by atoms with van der Waals surface area (Å²) in [5.41, 5.74) is 0. The van der Waals surface area contributed by atoms with E-state index in [2.05, 4.69) is 39.2 Å². The topological polar surface area (TPSA) is 83.1 Å². The zero-order chi connectivity index (χ0) is 14.7. The van der Waals surface area contributed by atoms with E-state index >= 15 is 0 Å². The van der Waals surface area contributed by atoms with Crippen LogP contribution < -0.4 is 5.32 Å². The van der Waals surface area contributed by atoms with Crippen LogP contribution in [0.25, 0.3) is 0 Å². The molecule has 3 unspecified atom stereocenters. The molecule has 1 fully saturated rings. The van der Waals surface area contributed by atoms with Crippen LogP contribution in [0.2, 0.25) is 0 Å². The summed E-state index contributed by atoms with van der Waals surface area (Å²) >= 11 is 0. The molecule has 2 rings (SSSR count). The van der Waals surface area contributed by atoms with E-state index in [-0.39, 0.29) is 30.1 Å². The maximum atomic E-state index is 12.5. The van der Waals surface area contributed by atoms with Crippen LogP contribution in [0.5, 0.6) is 0 Å². The summed E-state index contributed by atoms with van der Waals surface area (Å²) < 4.78 is 5.73. The van der Waals surface area contributed by atoms with Crippen LogP contribution in [-0.2, 0) is 9.53 Å². The molecule has 0 radical (unpaired) electrons. The second-order valence-corrected chi connectivity index (χ2v) is 5.72. The Morgan fingerprint density at radius 1 is 1.45 bits per heavy atom. The van der Waals surface area contributed by atoms with Crippen molar-refractivity contribution in [2.24, 2.45) is 5.92 Å². The minimum atomic E-state index is -0.200. The second-order valence-electron chi connectivity index (χ2n) is 5.72. The highest BCUT2D eigenvalue weighted by Crippen LogP contribution is 2.19. The van der Waals surface area contributed by atoms with Gasteiger partial charge in [0.1, 0.15) is 6.33 Å². The van der Waals surface area contributed by atoms with Crippen molar-refractivity contribution in [3.05, 3.63) is 6.33 Å². The number of carbonyl (C=O) groups excluding carboxylic acids is 1. The average Bonchev–Trinajstić information content (AvgIpc) is 2.79. The highest BCUT2D eigenvalue weighted by Gasteiger charge is 2.34. The van der Waals surface area contributed by atoms with Crippen LogP contribution in [-0.4, -0.2) is 57.3 Å². The molecule has 7 nitrogen and oxygen atoms in total. The van der Waals surface area contributed by atoms with Gasteiger partial charge in [0, 0.05) is 13.1 Å². The molecule has 1 saturated heterocycles. The maximum absolute atomic E-state index is 12.5. The van der Waals surface area contributed by atoms with Gasteiger partial charge in [0.2, 0.25) is 11.9 Å². The molecule has 0 spiro atoms. The van der Waals surface area contributed by atoms with Gasteiger partial charge < -0.3 is 4.74 Å². The number of hydrogen-bond acceptors (Lipinski definition) is 5. The smallest absolute Gasteiger partial charge is 0.244 e. The van der Waals surface area contributed by atoms with Crippen molar-refractivity contribution in [1.82, 2.24) is 20.1 Å². The van der Waals surface area contributed by atoms with Gasteiger partial charge in [-0.2, -0.15) is 10.1 Å². The fourth-order valence-corrected chi connectivity index (χ4v) is 2.79. The predicted molar refractivity (Wildman–Crippen MR) is 75.2 cm³/mol. The third kappa shape index (κ3) is 3.55. The number of carbonyl (C=O) groups is 1. The lowest BCUT2D eigenvalue weighted by Crippen LogP contribution is -2.55. The number of amides is 1. The van der Waals surface area contributed by atoms with E-state index in [9.17, 15) is 4.79 Å². The van der Waals surface area contributed by atoms with Crippen LogP contribution in [0.1, 0.15) is 27.7 Å². The van der Waals surface area contributed by atoms with Gasteiger partial charge in [-0.15, -0.1) is 0 Å². The van der Waals surface area contributed by atoms with Crippen molar-refractivity contribution in [3.63, 3.8) is 0 Å². The second kappa shape index (κ2) is 6.32. The summed E-state index contributed by atoms with van der Waals surface area (Å²) in [7, 11) is 0. The number of nitrogens with one attached hydrogen (secondary N) is 2. The van der Waals surface area contributed by atoms with Gasteiger partial charge in [-0.25, -0.2) is 5.10 Å². The molecule has 7 heteroatoms. The van der Waals surface area contributed by atoms with Gasteiger partial charge in [0.15, 0.2) is 0 Å². The Labute approximate surface area is 119 Å². The Kier molecular flexibility index (Phi) is 4.72. The summed E-state index contributed by atoms with van der Waals surface area (Å²) in [5.74, 6) is 0.531. The van der Waals surface area contributed by atoms with Gasteiger partial charge in [-0.05, 0) is 19.8 Å². The molecule has 1 aromatic rings. The molecule has 1 amide bonds. The first-order valence-corrected chi connectivity index (χ1v) is 7.03. The minimum absolute atomic E-state index is 0.0574. The third-order valence-corrected chi connectivity index (χ3v) is 3.40. The van der Waals surface area contributed by atoms with Crippen LogP contribution >= 0.6 is 0 Å². The van der Waals surface area contributed by atoms with Crippen molar-refractivity contribution < 1.29 is 9.53 Å². The number of rotatable bonds is 4. The highest BCUT2D eigenvalue weighted by molar-refractivity contribution is 5.93. The van der Waals surface area contributed by atoms with Gasteiger partial charge in [0.25, 0.3) is 0 Å². The lowest BCUT2D eigenvalue weighted by atomic mass is 10.00. The van der Waals surface area contributed by atoms with Crippen molar-refractivity contribution in [1.29, 1.82) is 0 Å². The van der Waals surface area contributed by atoms with Gasteiger partial charge in [0.05, 0.1) is 18.2 Å². The molecule has 3 atom stereocenters. The summed E-state index contributed by atoms with van der Waals surface area (Å²) in [4.78, 5) is 18.6. The monoisotopic (exact) mass is 281 g/mol. The molecule has 2 heterocycles. The number of anilines is 1. The molecule has 1 aliphatic rings. The van der Waals surface area contributed by atoms with Crippen molar-refractivity contribution >= 4 is 11.9 Å². The Hall–Kier alpha value is -1.47. The van der Waals surface area contributed by atoms with Crippen LogP contribution in [0.3, 0.4) is 0 Å². The van der Waals surface area contributed by atoms with E-state index < -0.39 is 0 Å². The number of H-pyrrole nitrogens is 1. The van der Waals surface area contributed by atoms with E-state index in [4.69, 9.17) is 4.74 Å². The normalized spacial score (nSPS) is 25.6. The number of ether oxygens (including phenoxy) is 1. The van der Waals surface area contributed by atoms with E-state index in [1.807, 2.05) is 13.8 Å². The third-order valence-electron chi connectivity index (χ3n) is 3.40. The molecular weight excluding hydrogens is 258 g/mol. The fourth-order valence-electron chi connectivity index (χ4n) is 2.79. The molecule has 0 bridgehead atoms.